The van der Waals surface area contributed by atoms with Crippen molar-refractivity contribution in [1.82, 2.24) is 19.8 Å². The Balaban J connectivity index is 1.84. The molecule has 0 amide bonds. The molecule has 130 valence electrons. The number of nitrogens with zero attached hydrogens (tertiary/aromatic N) is 3. The van der Waals surface area contributed by atoms with Gasteiger partial charge in [-0.05, 0) is 74.4 Å². The second-order valence-electron chi connectivity index (χ2n) is 7.59. The standard InChI is InChI=1S/C21H26N4/c1-14-10-22-21-19(14)9-17(11-23-21)16-7-15-5-6-25(4)13-20(15)18(8-16)12-24(2)3/h7-11H,5-6,12-13H2,1-4H3,(H,22,23). The van der Waals surface area contributed by atoms with Crippen LogP contribution in [0.25, 0.3) is 22.2 Å². The molecule has 1 aliphatic heterocycles. The molecule has 0 bridgehead atoms. The van der Waals surface area contributed by atoms with E-state index in [9.17, 15) is 0 Å². The van der Waals surface area contributed by atoms with Crippen molar-refractivity contribution in [3.63, 3.8) is 0 Å². The monoisotopic (exact) mass is 334 g/mol. The zero-order chi connectivity index (χ0) is 17.6. The van der Waals surface area contributed by atoms with E-state index in [0.717, 1.165) is 31.7 Å². The molecule has 0 saturated heterocycles. The molecule has 0 aliphatic carbocycles. The molecule has 3 heterocycles. The first-order valence-corrected chi connectivity index (χ1v) is 8.93. The third kappa shape index (κ3) is 3.08. The molecule has 25 heavy (non-hydrogen) atoms. The lowest BCUT2D eigenvalue weighted by Crippen LogP contribution is -2.28. The van der Waals surface area contributed by atoms with Crippen molar-refractivity contribution in [1.29, 1.82) is 0 Å². The third-order valence-corrected chi connectivity index (χ3v) is 5.18. The van der Waals surface area contributed by atoms with Crippen molar-refractivity contribution >= 4 is 11.0 Å². The lowest BCUT2D eigenvalue weighted by Gasteiger charge is -2.29. The maximum atomic E-state index is 4.62. The molecule has 0 spiro atoms. The van der Waals surface area contributed by atoms with Crippen molar-refractivity contribution in [2.45, 2.75) is 26.4 Å². The minimum Gasteiger partial charge on any atom is -0.346 e. The van der Waals surface area contributed by atoms with Crippen LogP contribution < -0.4 is 0 Å². The SMILES string of the molecule is Cc1c[nH]c2ncc(-c3cc4c(c(CN(C)C)c3)CN(C)CC4)cc12. The molecular formula is C21H26N4. The van der Waals surface area contributed by atoms with Crippen molar-refractivity contribution in [2.75, 3.05) is 27.7 Å². The first-order chi connectivity index (χ1) is 12.0. The Morgan fingerprint density at radius 2 is 2.04 bits per heavy atom. The number of hydrogen-bond donors (Lipinski definition) is 1. The molecule has 0 saturated carbocycles. The van der Waals surface area contributed by atoms with Gasteiger partial charge in [-0.2, -0.15) is 0 Å². The van der Waals surface area contributed by atoms with Gasteiger partial charge in [-0.3, -0.25) is 0 Å². The lowest BCUT2D eigenvalue weighted by atomic mass is 9.90. The van der Waals surface area contributed by atoms with E-state index in [1.165, 1.54) is 38.8 Å². The van der Waals surface area contributed by atoms with Crippen LogP contribution in [0.15, 0.2) is 30.6 Å². The second kappa shape index (κ2) is 6.28. The molecule has 2 aromatic heterocycles. The predicted molar refractivity (Wildman–Crippen MR) is 104 cm³/mol. The largest absolute Gasteiger partial charge is 0.346 e. The number of fused-ring (bicyclic) bond motifs is 2. The first kappa shape index (κ1) is 16.3. The van der Waals surface area contributed by atoms with E-state index in [4.69, 9.17) is 0 Å². The van der Waals surface area contributed by atoms with Crippen LogP contribution >= 0.6 is 0 Å². The third-order valence-electron chi connectivity index (χ3n) is 5.18. The van der Waals surface area contributed by atoms with Gasteiger partial charge in [0.1, 0.15) is 5.65 Å². The molecule has 0 unspecified atom stereocenters. The minimum atomic E-state index is 0.967. The van der Waals surface area contributed by atoms with Crippen molar-refractivity contribution in [2.24, 2.45) is 0 Å². The number of pyridine rings is 1. The van der Waals surface area contributed by atoms with Gasteiger partial charge in [-0.1, -0.05) is 6.07 Å². The van der Waals surface area contributed by atoms with Crippen LogP contribution in [0, 0.1) is 6.92 Å². The average molecular weight is 334 g/mol. The number of hydrogen-bond acceptors (Lipinski definition) is 3. The zero-order valence-electron chi connectivity index (χ0n) is 15.6. The molecule has 3 aromatic rings. The summed E-state index contributed by atoms with van der Waals surface area (Å²) in [5.74, 6) is 0. The van der Waals surface area contributed by atoms with Crippen molar-refractivity contribution in [3.05, 3.63) is 52.8 Å². The fourth-order valence-corrected chi connectivity index (χ4v) is 3.83. The number of nitrogens with one attached hydrogen (secondary N) is 1. The van der Waals surface area contributed by atoms with Gasteiger partial charge >= 0.3 is 0 Å². The molecule has 4 rings (SSSR count). The highest BCUT2D eigenvalue weighted by atomic mass is 15.1. The predicted octanol–water partition coefficient (Wildman–Crippen LogP) is 3.59. The number of likely N-dealkylation sites (N-methyl/N-ethyl adjacent to an activating group) is 1. The van der Waals surface area contributed by atoms with E-state index >= 15 is 0 Å². The van der Waals surface area contributed by atoms with Crippen LogP contribution in [0.3, 0.4) is 0 Å². The molecular weight excluding hydrogens is 308 g/mol. The number of benzene rings is 1. The normalized spacial score (nSPS) is 15.1. The van der Waals surface area contributed by atoms with E-state index in [2.05, 4.69) is 66.0 Å². The Bertz CT molecular complexity index is 923. The minimum absolute atomic E-state index is 0.967. The summed E-state index contributed by atoms with van der Waals surface area (Å²) in [5.41, 5.74) is 9.16. The Morgan fingerprint density at radius 1 is 1.20 bits per heavy atom. The van der Waals surface area contributed by atoms with Gasteiger partial charge < -0.3 is 14.8 Å². The summed E-state index contributed by atoms with van der Waals surface area (Å²) in [7, 11) is 6.49. The van der Waals surface area contributed by atoms with E-state index in [1.807, 2.05) is 12.4 Å². The number of H-pyrrole nitrogens is 1. The maximum absolute atomic E-state index is 4.62. The molecule has 1 aliphatic rings. The second-order valence-corrected chi connectivity index (χ2v) is 7.59. The zero-order valence-corrected chi connectivity index (χ0v) is 15.6. The van der Waals surface area contributed by atoms with Crippen LogP contribution in [-0.4, -0.2) is 47.5 Å². The molecule has 4 heteroatoms. The van der Waals surface area contributed by atoms with Crippen LogP contribution in [0.1, 0.15) is 22.3 Å². The summed E-state index contributed by atoms with van der Waals surface area (Å²) in [4.78, 5) is 12.5. The van der Waals surface area contributed by atoms with Gasteiger partial charge in [-0.15, -0.1) is 0 Å². The van der Waals surface area contributed by atoms with Crippen LogP contribution in [0.2, 0.25) is 0 Å². The van der Waals surface area contributed by atoms with Crippen molar-refractivity contribution in [3.8, 4) is 11.1 Å². The fourth-order valence-electron chi connectivity index (χ4n) is 3.83. The Hall–Kier alpha value is -2.17. The van der Waals surface area contributed by atoms with E-state index < -0.39 is 0 Å². The number of aromatic amines is 1. The molecule has 0 fully saturated rings. The first-order valence-electron chi connectivity index (χ1n) is 8.93. The van der Waals surface area contributed by atoms with E-state index in [-0.39, 0.29) is 0 Å². The van der Waals surface area contributed by atoms with Gasteiger partial charge in [0, 0.05) is 43.0 Å². The summed E-state index contributed by atoms with van der Waals surface area (Å²) in [6.07, 6.45) is 5.15. The van der Waals surface area contributed by atoms with Crippen LogP contribution in [0.4, 0.5) is 0 Å². The summed E-state index contributed by atoms with van der Waals surface area (Å²) in [6, 6.07) is 7.01. The van der Waals surface area contributed by atoms with Crippen LogP contribution in [-0.2, 0) is 19.5 Å². The molecule has 0 radical (unpaired) electrons. The van der Waals surface area contributed by atoms with Crippen molar-refractivity contribution < 1.29 is 0 Å². The summed E-state index contributed by atoms with van der Waals surface area (Å²) >= 11 is 0. The Kier molecular flexibility index (Phi) is 4.10. The highest BCUT2D eigenvalue weighted by Crippen LogP contribution is 2.31. The topological polar surface area (TPSA) is 35.2 Å². The fraction of sp³-hybridized carbons (Fsp3) is 0.381. The molecule has 4 nitrogen and oxygen atoms in total. The number of aryl methyl sites for hydroxylation is 1. The smallest absolute Gasteiger partial charge is 0.137 e. The van der Waals surface area contributed by atoms with Gasteiger partial charge in [0.15, 0.2) is 0 Å². The van der Waals surface area contributed by atoms with Gasteiger partial charge in [0.25, 0.3) is 0 Å². The van der Waals surface area contributed by atoms with Crippen LogP contribution in [0.5, 0.6) is 0 Å². The summed E-state index contributed by atoms with van der Waals surface area (Å²) in [5, 5.41) is 1.21. The van der Waals surface area contributed by atoms with E-state index in [0.29, 0.717) is 0 Å². The molecule has 1 N–H and O–H groups in total. The number of aromatic nitrogens is 2. The molecule has 0 atom stereocenters. The van der Waals surface area contributed by atoms with Gasteiger partial charge in [-0.25, -0.2) is 4.98 Å². The quantitative estimate of drug-likeness (QED) is 0.795. The van der Waals surface area contributed by atoms with Gasteiger partial charge in [0.2, 0.25) is 0 Å². The molecule has 1 aromatic carbocycles. The highest BCUT2D eigenvalue weighted by Gasteiger charge is 2.19. The summed E-state index contributed by atoms with van der Waals surface area (Å²) < 4.78 is 0. The lowest BCUT2D eigenvalue weighted by molar-refractivity contribution is 0.308. The van der Waals surface area contributed by atoms with Gasteiger partial charge in [0.05, 0.1) is 0 Å². The average Bonchev–Trinajstić information content (AvgIpc) is 2.95. The highest BCUT2D eigenvalue weighted by molar-refractivity contribution is 5.84. The Labute approximate surface area is 149 Å². The number of rotatable bonds is 3. The Morgan fingerprint density at radius 3 is 2.84 bits per heavy atom. The van der Waals surface area contributed by atoms with E-state index in [1.54, 1.807) is 0 Å². The maximum Gasteiger partial charge on any atom is 0.137 e. The summed E-state index contributed by atoms with van der Waals surface area (Å²) in [6.45, 7) is 5.28.